The van der Waals surface area contributed by atoms with Crippen LogP contribution in [0.5, 0.6) is 11.6 Å². The molecule has 1 saturated heterocycles. The van der Waals surface area contributed by atoms with E-state index in [9.17, 15) is 14.9 Å². The number of carbonyl (C=O) groups is 1. The van der Waals surface area contributed by atoms with Gasteiger partial charge < -0.3 is 23.7 Å². The van der Waals surface area contributed by atoms with Gasteiger partial charge in [-0.3, -0.25) is 4.79 Å². The molecule has 1 N–H and O–H groups in total. The number of aldehydes is 1. The van der Waals surface area contributed by atoms with Gasteiger partial charge in [-0.05, 0) is 82.3 Å². The minimum absolute atomic E-state index is 0.118. The highest BCUT2D eigenvalue weighted by Crippen LogP contribution is 2.40. The summed E-state index contributed by atoms with van der Waals surface area (Å²) in [4.78, 5) is 29.0. The van der Waals surface area contributed by atoms with Gasteiger partial charge in [0.05, 0.1) is 16.8 Å². The Morgan fingerprint density at radius 1 is 1.18 bits per heavy atom. The predicted molar refractivity (Wildman–Crippen MR) is 153 cm³/mol. The van der Waals surface area contributed by atoms with Crippen molar-refractivity contribution < 1.29 is 23.6 Å². The van der Waals surface area contributed by atoms with E-state index in [-0.39, 0.29) is 5.04 Å². The first-order valence-electron chi connectivity index (χ1n) is 13.0. The number of aromatic nitrogens is 1. The fourth-order valence-corrected chi connectivity index (χ4v) is 4.85. The standard InChI is InChI=1S/C28H40BN3O5Si/c1-26(2,38(8,9)34)15-10-16-32(7)25-20(18-30)11-14-24(31-25)35-22-12-13-23(21(17-22)19-33)29-36-27(3,4)28(5,6)37-29/h11-14,17,19,34H,10,15-16H2,1-9H3. The molecule has 204 valence electrons. The summed E-state index contributed by atoms with van der Waals surface area (Å²) in [7, 11) is -1.05. The molecular weight excluding hydrogens is 497 g/mol. The van der Waals surface area contributed by atoms with Crippen molar-refractivity contribution in [3.05, 3.63) is 41.5 Å². The molecule has 0 saturated carbocycles. The summed E-state index contributed by atoms with van der Waals surface area (Å²) in [5, 5.41) is 9.52. The lowest BCUT2D eigenvalue weighted by molar-refractivity contribution is 0.00578. The van der Waals surface area contributed by atoms with Crippen LogP contribution in [0.1, 0.15) is 70.3 Å². The molecular formula is C28H40BN3O5Si. The average molecular weight is 538 g/mol. The maximum Gasteiger partial charge on any atom is 0.495 e. The first-order chi connectivity index (χ1) is 17.5. The molecule has 1 fully saturated rings. The normalized spacial score (nSPS) is 16.7. The van der Waals surface area contributed by atoms with E-state index in [0.29, 0.717) is 40.6 Å². The van der Waals surface area contributed by atoms with Gasteiger partial charge in [-0.15, -0.1) is 0 Å². The number of rotatable bonds is 10. The topological polar surface area (TPSA) is 105 Å². The summed E-state index contributed by atoms with van der Waals surface area (Å²) in [6, 6.07) is 10.7. The van der Waals surface area contributed by atoms with Crippen LogP contribution in [-0.4, -0.2) is 56.3 Å². The van der Waals surface area contributed by atoms with E-state index in [4.69, 9.17) is 14.0 Å². The van der Waals surface area contributed by atoms with E-state index in [0.717, 1.165) is 19.1 Å². The second-order valence-electron chi connectivity index (χ2n) is 12.2. The van der Waals surface area contributed by atoms with E-state index in [1.54, 1.807) is 30.3 Å². The van der Waals surface area contributed by atoms with E-state index >= 15 is 0 Å². The number of pyridine rings is 1. The number of benzene rings is 1. The van der Waals surface area contributed by atoms with E-state index in [1.165, 1.54) is 0 Å². The van der Waals surface area contributed by atoms with Crippen molar-refractivity contribution >= 4 is 33.0 Å². The van der Waals surface area contributed by atoms with Gasteiger partial charge >= 0.3 is 7.12 Å². The Morgan fingerprint density at radius 3 is 2.37 bits per heavy atom. The number of nitriles is 1. The second-order valence-corrected chi connectivity index (χ2v) is 16.7. The number of hydrogen-bond acceptors (Lipinski definition) is 8. The number of carbonyl (C=O) groups excluding carboxylic acids is 1. The Hall–Kier alpha value is -2.71. The fourth-order valence-electron chi connectivity index (χ4n) is 4.06. The second kappa shape index (κ2) is 10.8. The Balaban J connectivity index is 1.77. The number of nitrogens with zero attached hydrogens (tertiary/aromatic N) is 3. The molecule has 1 aliphatic rings. The lowest BCUT2D eigenvalue weighted by atomic mass is 9.76. The number of hydrogen-bond donors (Lipinski definition) is 1. The van der Waals surface area contributed by atoms with Crippen molar-refractivity contribution in [2.75, 3.05) is 18.5 Å². The Kier molecular flexibility index (Phi) is 8.49. The summed E-state index contributed by atoms with van der Waals surface area (Å²) in [6.45, 7) is 16.7. The summed E-state index contributed by atoms with van der Waals surface area (Å²) >= 11 is 0. The molecule has 0 unspecified atom stereocenters. The molecule has 3 rings (SSSR count). The summed E-state index contributed by atoms with van der Waals surface area (Å²) in [6.07, 6.45) is 2.48. The third-order valence-electron chi connectivity index (χ3n) is 8.20. The molecule has 0 bridgehead atoms. The molecule has 8 nitrogen and oxygen atoms in total. The van der Waals surface area contributed by atoms with Crippen molar-refractivity contribution in [1.82, 2.24) is 4.98 Å². The quantitative estimate of drug-likeness (QED) is 0.332. The molecule has 0 amide bonds. The van der Waals surface area contributed by atoms with Crippen LogP contribution in [0.15, 0.2) is 30.3 Å². The fraction of sp³-hybridized carbons (Fsp3) is 0.536. The minimum atomic E-state index is -2.29. The zero-order chi connectivity index (χ0) is 28.5. The predicted octanol–water partition coefficient (Wildman–Crippen LogP) is 5.05. The maximum atomic E-state index is 11.9. The van der Waals surface area contributed by atoms with Gasteiger partial charge in [0.25, 0.3) is 0 Å². The van der Waals surface area contributed by atoms with E-state index in [2.05, 4.69) is 24.9 Å². The molecule has 0 atom stereocenters. The van der Waals surface area contributed by atoms with Gasteiger partial charge in [-0.2, -0.15) is 10.2 Å². The third-order valence-corrected chi connectivity index (χ3v) is 11.8. The molecule has 38 heavy (non-hydrogen) atoms. The average Bonchev–Trinajstić information content (AvgIpc) is 3.04. The number of ether oxygens (including phenoxy) is 1. The maximum absolute atomic E-state index is 11.9. The van der Waals surface area contributed by atoms with Crippen molar-refractivity contribution in [3.63, 3.8) is 0 Å². The molecule has 1 aromatic carbocycles. The highest BCUT2D eigenvalue weighted by molar-refractivity contribution is 6.72. The van der Waals surface area contributed by atoms with Gasteiger partial charge in [-0.1, -0.05) is 19.9 Å². The largest absolute Gasteiger partial charge is 0.495 e. The van der Waals surface area contributed by atoms with Crippen LogP contribution < -0.4 is 15.1 Å². The summed E-state index contributed by atoms with van der Waals surface area (Å²) in [5.41, 5.74) is 0.448. The first-order valence-corrected chi connectivity index (χ1v) is 15.9. The van der Waals surface area contributed by atoms with Crippen LogP contribution in [0.4, 0.5) is 5.82 Å². The molecule has 10 heteroatoms. The molecule has 2 aromatic rings. The molecule has 0 aliphatic carbocycles. The van der Waals surface area contributed by atoms with Crippen LogP contribution in [0.25, 0.3) is 0 Å². The van der Waals surface area contributed by atoms with E-state index < -0.39 is 26.6 Å². The van der Waals surface area contributed by atoms with Gasteiger partial charge in [-0.25, -0.2) is 0 Å². The minimum Gasteiger partial charge on any atom is -0.439 e. The highest BCUT2D eigenvalue weighted by Gasteiger charge is 2.52. The van der Waals surface area contributed by atoms with Crippen LogP contribution in [0, 0.1) is 11.3 Å². The van der Waals surface area contributed by atoms with Crippen LogP contribution in [0.3, 0.4) is 0 Å². The zero-order valence-electron chi connectivity index (χ0n) is 24.1. The zero-order valence-corrected chi connectivity index (χ0v) is 25.1. The monoisotopic (exact) mass is 537 g/mol. The molecule has 0 spiro atoms. The Morgan fingerprint density at radius 2 is 1.82 bits per heavy atom. The van der Waals surface area contributed by atoms with Gasteiger partial charge in [0, 0.05) is 25.2 Å². The summed E-state index contributed by atoms with van der Waals surface area (Å²) < 4.78 is 18.2. The molecule has 0 radical (unpaired) electrons. The molecule has 2 heterocycles. The number of anilines is 1. The SMILES string of the molecule is CN(CCCC(C)(C)[Si](C)(C)O)c1nc(Oc2ccc(B3OC(C)(C)C(C)(C)O3)c(C=O)c2)ccc1C#N. The van der Waals surface area contributed by atoms with Gasteiger partial charge in [0.15, 0.2) is 8.32 Å². The van der Waals surface area contributed by atoms with Crippen molar-refractivity contribution in [2.45, 2.75) is 83.7 Å². The summed E-state index contributed by atoms with van der Waals surface area (Å²) in [5.74, 6) is 1.28. The van der Waals surface area contributed by atoms with Crippen molar-refractivity contribution in [1.29, 1.82) is 5.26 Å². The Labute approximate surface area is 228 Å². The first kappa shape index (κ1) is 29.8. The smallest absolute Gasteiger partial charge is 0.439 e. The van der Waals surface area contributed by atoms with Crippen LogP contribution >= 0.6 is 0 Å². The van der Waals surface area contributed by atoms with Crippen molar-refractivity contribution in [3.8, 4) is 17.7 Å². The van der Waals surface area contributed by atoms with Gasteiger partial charge in [0.2, 0.25) is 5.88 Å². The molecule has 1 aromatic heterocycles. The highest BCUT2D eigenvalue weighted by atomic mass is 28.4. The van der Waals surface area contributed by atoms with Crippen LogP contribution in [0.2, 0.25) is 18.1 Å². The van der Waals surface area contributed by atoms with Crippen molar-refractivity contribution in [2.24, 2.45) is 0 Å². The Bertz CT molecular complexity index is 1200. The van der Waals surface area contributed by atoms with E-state index in [1.807, 2.05) is 52.7 Å². The lowest BCUT2D eigenvalue weighted by Crippen LogP contribution is -2.41. The lowest BCUT2D eigenvalue weighted by Gasteiger charge is -2.35. The molecule has 1 aliphatic heterocycles. The van der Waals surface area contributed by atoms with Gasteiger partial charge in [0.1, 0.15) is 23.9 Å². The van der Waals surface area contributed by atoms with Crippen LogP contribution in [-0.2, 0) is 9.31 Å². The third kappa shape index (κ3) is 6.29.